The van der Waals surface area contributed by atoms with E-state index in [1.54, 1.807) is 0 Å². The summed E-state index contributed by atoms with van der Waals surface area (Å²) < 4.78 is 9.05. The van der Waals surface area contributed by atoms with Crippen LogP contribution in [0, 0.1) is 0 Å². The van der Waals surface area contributed by atoms with E-state index in [1.165, 1.54) is 49.1 Å². The van der Waals surface area contributed by atoms with Crippen molar-refractivity contribution in [2.45, 2.75) is 0 Å². The minimum absolute atomic E-state index is 0.867. The molecule has 248 valence electrons. The van der Waals surface area contributed by atoms with Crippen molar-refractivity contribution >= 4 is 77.0 Å². The van der Waals surface area contributed by atoms with Crippen molar-refractivity contribution in [2.75, 3.05) is 4.90 Å². The fourth-order valence-electron chi connectivity index (χ4n) is 8.41. The average molecular weight is 677 g/mol. The summed E-state index contributed by atoms with van der Waals surface area (Å²) in [6.07, 6.45) is 2.20. The zero-order chi connectivity index (χ0) is 34.9. The van der Waals surface area contributed by atoms with E-state index in [0.717, 1.165) is 50.1 Å². The number of pyridine rings is 1. The highest BCUT2D eigenvalue weighted by molar-refractivity contribution is 6.30. The first kappa shape index (κ1) is 29.6. The summed E-state index contributed by atoms with van der Waals surface area (Å²) in [5, 5.41) is 8.51. The largest absolute Gasteiger partial charge is 0.456 e. The highest BCUT2D eigenvalue weighted by atomic mass is 16.3. The predicted molar refractivity (Wildman–Crippen MR) is 223 cm³/mol. The molecule has 0 aliphatic carbocycles. The molecule has 3 nitrogen and oxygen atoms in total. The average Bonchev–Trinajstić information content (AvgIpc) is 3.78. The van der Waals surface area contributed by atoms with E-state index in [4.69, 9.17) is 4.42 Å². The quantitative estimate of drug-likeness (QED) is 0.169. The summed E-state index contributed by atoms with van der Waals surface area (Å²) >= 11 is 0. The maximum Gasteiger partial charge on any atom is 0.137 e. The van der Waals surface area contributed by atoms with Gasteiger partial charge in [0.2, 0.25) is 0 Å². The molecule has 0 unspecified atom stereocenters. The summed E-state index contributed by atoms with van der Waals surface area (Å²) in [7, 11) is 0. The van der Waals surface area contributed by atoms with Crippen LogP contribution >= 0.6 is 0 Å². The van der Waals surface area contributed by atoms with Gasteiger partial charge in [-0.1, -0.05) is 115 Å². The highest BCUT2D eigenvalue weighted by Crippen LogP contribution is 2.45. The molecule has 0 aliphatic heterocycles. The SMILES string of the molecule is c1ccc(-c2c3c4cc(-c5ccc6c(c5)oc5cc(N(c7ccccc7)c7ccccc7)ccc56)ccc4c4ccccc4c3n3ccccc23)cc1. The number of fused-ring (bicyclic) bond motifs is 11. The molecule has 0 aliphatic rings. The van der Waals surface area contributed by atoms with Gasteiger partial charge in [-0.05, 0) is 99.6 Å². The molecule has 0 radical (unpaired) electrons. The van der Waals surface area contributed by atoms with Crippen molar-refractivity contribution in [1.29, 1.82) is 0 Å². The van der Waals surface area contributed by atoms with Crippen LogP contribution < -0.4 is 4.90 Å². The lowest BCUT2D eigenvalue weighted by Crippen LogP contribution is -2.09. The first-order valence-corrected chi connectivity index (χ1v) is 18.1. The lowest BCUT2D eigenvalue weighted by Gasteiger charge is -2.25. The van der Waals surface area contributed by atoms with Gasteiger partial charge in [-0.15, -0.1) is 0 Å². The van der Waals surface area contributed by atoms with Gasteiger partial charge in [0, 0.05) is 56.4 Å². The van der Waals surface area contributed by atoms with Crippen LogP contribution in [-0.4, -0.2) is 4.40 Å². The van der Waals surface area contributed by atoms with Crippen molar-refractivity contribution in [3.63, 3.8) is 0 Å². The van der Waals surface area contributed by atoms with Gasteiger partial charge in [0.05, 0.1) is 11.0 Å². The van der Waals surface area contributed by atoms with E-state index in [1.807, 2.05) is 0 Å². The third kappa shape index (κ3) is 4.61. The predicted octanol–water partition coefficient (Wildman–Crippen LogP) is 14.1. The first-order valence-electron chi connectivity index (χ1n) is 18.1. The Hall–Kier alpha value is -7.10. The molecule has 3 heterocycles. The lowest BCUT2D eigenvalue weighted by atomic mass is 9.91. The molecular formula is C50H32N2O. The van der Waals surface area contributed by atoms with E-state index >= 15 is 0 Å². The second-order valence-corrected chi connectivity index (χ2v) is 13.7. The molecule has 8 aromatic carbocycles. The summed E-state index contributed by atoms with van der Waals surface area (Å²) in [4.78, 5) is 2.27. The van der Waals surface area contributed by atoms with Gasteiger partial charge in [0.25, 0.3) is 0 Å². The second kappa shape index (κ2) is 11.7. The summed E-state index contributed by atoms with van der Waals surface area (Å²) in [6.45, 7) is 0. The Kier molecular flexibility index (Phi) is 6.55. The maximum absolute atomic E-state index is 6.68. The third-order valence-electron chi connectivity index (χ3n) is 10.7. The van der Waals surface area contributed by atoms with E-state index in [9.17, 15) is 0 Å². The normalized spacial score (nSPS) is 11.8. The van der Waals surface area contributed by atoms with Crippen molar-refractivity contribution in [1.82, 2.24) is 4.40 Å². The number of benzene rings is 8. The molecule has 0 spiro atoms. The molecule has 11 aromatic rings. The van der Waals surface area contributed by atoms with Crippen LogP contribution in [0.2, 0.25) is 0 Å². The van der Waals surface area contributed by atoms with Gasteiger partial charge in [-0.25, -0.2) is 0 Å². The van der Waals surface area contributed by atoms with Crippen LogP contribution in [0.4, 0.5) is 17.1 Å². The molecule has 3 aromatic heterocycles. The molecule has 0 saturated heterocycles. The molecule has 0 bridgehead atoms. The zero-order valence-electron chi connectivity index (χ0n) is 28.8. The minimum Gasteiger partial charge on any atom is -0.456 e. The Balaban J connectivity index is 1.11. The molecule has 53 heavy (non-hydrogen) atoms. The van der Waals surface area contributed by atoms with Gasteiger partial charge >= 0.3 is 0 Å². The molecule has 0 amide bonds. The van der Waals surface area contributed by atoms with Crippen molar-refractivity contribution in [3.8, 4) is 22.3 Å². The van der Waals surface area contributed by atoms with Gasteiger partial charge < -0.3 is 13.7 Å². The van der Waals surface area contributed by atoms with Crippen LogP contribution in [0.5, 0.6) is 0 Å². The number of nitrogens with zero attached hydrogens (tertiary/aromatic N) is 2. The summed E-state index contributed by atoms with van der Waals surface area (Å²) in [5.41, 5.74) is 12.2. The Morgan fingerprint density at radius 1 is 0.377 bits per heavy atom. The smallest absolute Gasteiger partial charge is 0.137 e. The van der Waals surface area contributed by atoms with E-state index in [-0.39, 0.29) is 0 Å². The van der Waals surface area contributed by atoms with Gasteiger partial charge in [0.15, 0.2) is 0 Å². The number of anilines is 3. The fourth-order valence-corrected chi connectivity index (χ4v) is 8.41. The number of aromatic nitrogens is 1. The summed E-state index contributed by atoms with van der Waals surface area (Å²) in [5.74, 6) is 0. The Labute approximate surface area is 306 Å². The molecule has 0 fully saturated rings. The van der Waals surface area contributed by atoms with Crippen molar-refractivity contribution in [3.05, 3.63) is 194 Å². The van der Waals surface area contributed by atoms with E-state index in [2.05, 4.69) is 204 Å². The van der Waals surface area contributed by atoms with Crippen molar-refractivity contribution < 1.29 is 4.42 Å². The molecule has 3 heteroatoms. The standard InChI is InChI=1S/C50H32N2O/c1-4-14-33(15-5-1)48-45-22-12-13-29-51(45)50-43-21-11-10-20-39(43)40-26-23-34(30-44(40)49(48)50)35-24-27-41-42-28-25-38(32-47(42)53-46(41)31-35)52(36-16-6-2-7-17-36)37-18-8-3-9-19-37/h1-32H. The van der Waals surface area contributed by atoms with Crippen LogP contribution in [0.3, 0.4) is 0 Å². The van der Waals surface area contributed by atoms with Gasteiger partial charge in [-0.2, -0.15) is 0 Å². The number of hydrogen-bond donors (Lipinski definition) is 0. The Morgan fingerprint density at radius 3 is 1.68 bits per heavy atom. The maximum atomic E-state index is 6.68. The topological polar surface area (TPSA) is 20.8 Å². The Morgan fingerprint density at radius 2 is 0.943 bits per heavy atom. The number of para-hydroxylation sites is 2. The summed E-state index contributed by atoms with van der Waals surface area (Å²) in [6, 6.07) is 67.3. The van der Waals surface area contributed by atoms with Crippen LogP contribution in [-0.2, 0) is 0 Å². The lowest BCUT2D eigenvalue weighted by molar-refractivity contribution is 0.669. The van der Waals surface area contributed by atoms with Crippen molar-refractivity contribution in [2.24, 2.45) is 0 Å². The van der Waals surface area contributed by atoms with E-state index < -0.39 is 0 Å². The van der Waals surface area contributed by atoms with Gasteiger partial charge in [0.1, 0.15) is 11.2 Å². The third-order valence-corrected chi connectivity index (χ3v) is 10.7. The molecule has 0 atom stereocenters. The first-order chi connectivity index (χ1) is 26.3. The highest BCUT2D eigenvalue weighted by Gasteiger charge is 2.21. The molecular weight excluding hydrogens is 645 g/mol. The number of rotatable bonds is 5. The van der Waals surface area contributed by atoms with E-state index in [0.29, 0.717) is 0 Å². The number of hydrogen-bond acceptors (Lipinski definition) is 2. The molecule has 0 saturated carbocycles. The van der Waals surface area contributed by atoms with Crippen LogP contribution in [0.15, 0.2) is 199 Å². The fraction of sp³-hybridized carbons (Fsp3) is 0. The Bertz CT molecular complexity index is 3120. The molecule has 11 rings (SSSR count). The second-order valence-electron chi connectivity index (χ2n) is 13.7. The van der Waals surface area contributed by atoms with Crippen LogP contribution in [0.25, 0.3) is 82.2 Å². The number of furan rings is 1. The molecule has 0 N–H and O–H groups in total. The van der Waals surface area contributed by atoms with Gasteiger partial charge in [-0.3, -0.25) is 0 Å². The monoisotopic (exact) mass is 676 g/mol. The van der Waals surface area contributed by atoms with Crippen LogP contribution in [0.1, 0.15) is 0 Å². The minimum atomic E-state index is 0.867. The zero-order valence-corrected chi connectivity index (χ0v) is 28.8.